The van der Waals surface area contributed by atoms with Crippen LogP contribution < -0.4 is 0 Å². The molecule has 1 fully saturated rings. The van der Waals surface area contributed by atoms with Gasteiger partial charge in [0.1, 0.15) is 10.7 Å². The van der Waals surface area contributed by atoms with Gasteiger partial charge in [-0.05, 0) is 24.3 Å². The van der Waals surface area contributed by atoms with Crippen molar-refractivity contribution in [2.75, 3.05) is 13.1 Å². The van der Waals surface area contributed by atoms with E-state index in [1.807, 2.05) is 58.1 Å². The van der Waals surface area contributed by atoms with Gasteiger partial charge in [0, 0.05) is 24.0 Å². The fourth-order valence-electron chi connectivity index (χ4n) is 3.51. The monoisotopic (exact) mass is 422 g/mol. The van der Waals surface area contributed by atoms with Gasteiger partial charge in [-0.2, -0.15) is 0 Å². The van der Waals surface area contributed by atoms with Crippen molar-refractivity contribution in [3.05, 3.63) is 64.8 Å². The number of piperidine rings is 1. The van der Waals surface area contributed by atoms with E-state index in [9.17, 15) is 4.79 Å². The molecule has 29 heavy (non-hydrogen) atoms. The Bertz CT molecular complexity index is 1100. The molecule has 1 unspecified atom stereocenters. The van der Waals surface area contributed by atoms with E-state index in [1.54, 1.807) is 11.3 Å². The molecular weight excluding hydrogens is 404 g/mol. The largest absolute Gasteiger partial charge is 0.420 e. The van der Waals surface area contributed by atoms with Gasteiger partial charge in [-0.1, -0.05) is 36.4 Å². The fraction of sp³-hybridized carbons (Fsp3) is 0.238. The molecule has 1 aliphatic heterocycles. The summed E-state index contributed by atoms with van der Waals surface area (Å²) in [5.74, 6) is 1.17. The molecule has 0 bridgehead atoms. The molecule has 6 nitrogen and oxygen atoms in total. The number of thiazole rings is 1. The maximum atomic E-state index is 13.0. The maximum Gasteiger partial charge on any atom is 0.273 e. The van der Waals surface area contributed by atoms with Crippen molar-refractivity contribution in [1.82, 2.24) is 20.1 Å². The summed E-state index contributed by atoms with van der Waals surface area (Å²) < 4.78 is 5.90. The SMILES string of the molecule is O=C(c1csc(-c2ccccc2)n1)N1CCCC(c2nnc(-c3cccs3)o2)C1. The van der Waals surface area contributed by atoms with Crippen LogP contribution in [-0.4, -0.2) is 39.1 Å². The van der Waals surface area contributed by atoms with E-state index >= 15 is 0 Å². The molecule has 1 aliphatic rings. The van der Waals surface area contributed by atoms with Gasteiger partial charge in [0.05, 0.1) is 10.8 Å². The maximum absolute atomic E-state index is 13.0. The van der Waals surface area contributed by atoms with E-state index in [1.165, 1.54) is 11.3 Å². The topological polar surface area (TPSA) is 72.1 Å². The van der Waals surface area contributed by atoms with Crippen LogP contribution in [0.3, 0.4) is 0 Å². The fourth-order valence-corrected chi connectivity index (χ4v) is 4.95. The van der Waals surface area contributed by atoms with Crippen molar-refractivity contribution in [3.8, 4) is 21.3 Å². The minimum absolute atomic E-state index is 0.0360. The van der Waals surface area contributed by atoms with E-state index in [-0.39, 0.29) is 11.8 Å². The van der Waals surface area contributed by atoms with Gasteiger partial charge < -0.3 is 9.32 Å². The van der Waals surface area contributed by atoms with Gasteiger partial charge in [-0.3, -0.25) is 4.79 Å². The molecule has 5 rings (SSSR count). The molecule has 0 N–H and O–H groups in total. The van der Waals surface area contributed by atoms with Crippen molar-refractivity contribution in [1.29, 1.82) is 0 Å². The minimum atomic E-state index is -0.0360. The minimum Gasteiger partial charge on any atom is -0.420 e. The predicted octanol–water partition coefficient (Wildman–Crippen LogP) is 4.94. The molecule has 3 aromatic heterocycles. The molecule has 146 valence electrons. The van der Waals surface area contributed by atoms with Crippen molar-refractivity contribution in [3.63, 3.8) is 0 Å². The number of carbonyl (C=O) groups is 1. The molecular formula is C21H18N4O2S2. The molecule has 1 atom stereocenters. The molecule has 0 spiro atoms. The van der Waals surface area contributed by atoms with E-state index in [4.69, 9.17) is 4.42 Å². The molecule has 0 saturated carbocycles. The number of benzene rings is 1. The first-order valence-electron chi connectivity index (χ1n) is 9.45. The van der Waals surface area contributed by atoms with Crippen LogP contribution in [0, 0.1) is 0 Å². The second kappa shape index (κ2) is 7.88. The molecule has 1 aromatic carbocycles. The lowest BCUT2D eigenvalue weighted by Gasteiger charge is -2.30. The molecule has 4 heterocycles. The Hall–Kier alpha value is -2.84. The van der Waals surface area contributed by atoms with Crippen molar-refractivity contribution in [2.45, 2.75) is 18.8 Å². The third-order valence-electron chi connectivity index (χ3n) is 4.97. The van der Waals surface area contributed by atoms with Crippen LogP contribution in [0.5, 0.6) is 0 Å². The summed E-state index contributed by atoms with van der Waals surface area (Å²) in [6, 6.07) is 13.9. The van der Waals surface area contributed by atoms with Crippen LogP contribution in [0.4, 0.5) is 0 Å². The third-order valence-corrected chi connectivity index (χ3v) is 6.72. The lowest BCUT2D eigenvalue weighted by Crippen LogP contribution is -2.39. The molecule has 0 aliphatic carbocycles. The Kier molecular flexibility index (Phi) is 4.95. The summed E-state index contributed by atoms with van der Waals surface area (Å²) in [5.41, 5.74) is 1.53. The summed E-state index contributed by atoms with van der Waals surface area (Å²) in [4.78, 5) is 20.4. The van der Waals surface area contributed by atoms with E-state index in [0.717, 1.165) is 34.8 Å². The first-order chi connectivity index (χ1) is 14.3. The summed E-state index contributed by atoms with van der Waals surface area (Å²) in [5, 5.41) is 13.1. The summed E-state index contributed by atoms with van der Waals surface area (Å²) >= 11 is 3.07. The second-order valence-corrected chi connectivity index (χ2v) is 8.72. The lowest BCUT2D eigenvalue weighted by molar-refractivity contribution is 0.0693. The molecule has 8 heteroatoms. The zero-order valence-corrected chi connectivity index (χ0v) is 17.2. The average molecular weight is 423 g/mol. The Labute approximate surface area is 175 Å². The van der Waals surface area contributed by atoms with Crippen molar-refractivity contribution in [2.24, 2.45) is 0 Å². The third kappa shape index (κ3) is 3.73. The number of rotatable bonds is 4. The molecule has 1 amide bonds. The summed E-state index contributed by atoms with van der Waals surface area (Å²) in [7, 11) is 0. The van der Waals surface area contributed by atoms with Gasteiger partial charge >= 0.3 is 0 Å². The van der Waals surface area contributed by atoms with Gasteiger partial charge in [-0.15, -0.1) is 32.9 Å². The van der Waals surface area contributed by atoms with Gasteiger partial charge in [0.15, 0.2) is 0 Å². The highest BCUT2D eigenvalue weighted by Crippen LogP contribution is 2.31. The van der Waals surface area contributed by atoms with Crippen molar-refractivity contribution < 1.29 is 9.21 Å². The smallest absolute Gasteiger partial charge is 0.273 e. The van der Waals surface area contributed by atoms with Crippen molar-refractivity contribution >= 4 is 28.6 Å². The Morgan fingerprint density at radius 2 is 2.00 bits per heavy atom. The Morgan fingerprint density at radius 1 is 1.10 bits per heavy atom. The highest BCUT2D eigenvalue weighted by atomic mass is 32.1. The van der Waals surface area contributed by atoms with Gasteiger partial charge in [0.25, 0.3) is 11.8 Å². The average Bonchev–Trinajstić information content (AvgIpc) is 3.55. The van der Waals surface area contributed by atoms with Gasteiger partial charge in [-0.25, -0.2) is 4.98 Å². The van der Waals surface area contributed by atoms with E-state index in [0.29, 0.717) is 24.0 Å². The standard InChI is InChI=1S/C21H18N4O2S2/c26-21(16-13-29-20(22-16)14-6-2-1-3-7-14)25-10-4-8-15(12-25)18-23-24-19(27-18)17-9-5-11-28-17/h1-3,5-7,9,11,13,15H,4,8,10,12H2. The summed E-state index contributed by atoms with van der Waals surface area (Å²) in [6.07, 6.45) is 1.84. The van der Waals surface area contributed by atoms with Crippen LogP contribution in [0.25, 0.3) is 21.3 Å². The highest BCUT2D eigenvalue weighted by molar-refractivity contribution is 7.13. The zero-order valence-electron chi connectivity index (χ0n) is 15.5. The number of hydrogen-bond acceptors (Lipinski definition) is 7. The van der Waals surface area contributed by atoms with Crippen LogP contribution in [-0.2, 0) is 0 Å². The number of amides is 1. The lowest BCUT2D eigenvalue weighted by atomic mass is 9.98. The number of hydrogen-bond donors (Lipinski definition) is 0. The zero-order chi connectivity index (χ0) is 19.6. The first-order valence-corrected chi connectivity index (χ1v) is 11.2. The van der Waals surface area contributed by atoms with E-state index < -0.39 is 0 Å². The number of nitrogens with zero attached hydrogens (tertiary/aromatic N) is 4. The van der Waals surface area contributed by atoms with E-state index in [2.05, 4.69) is 15.2 Å². The number of aromatic nitrogens is 3. The number of likely N-dealkylation sites (tertiary alicyclic amines) is 1. The predicted molar refractivity (Wildman–Crippen MR) is 113 cm³/mol. The second-order valence-electron chi connectivity index (χ2n) is 6.92. The molecule has 4 aromatic rings. The number of carbonyl (C=O) groups excluding carboxylic acids is 1. The highest BCUT2D eigenvalue weighted by Gasteiger charge is 2.30. The quantitative estimate of drug-likeness (QED) is 0.466. The molecule has 1 saturated heterocycles. The molecule has 0 radical (unpaired) electrons. The number of thiophene rings is 1. The van der Waals surface area contributed by atoms with Crippen LogP contribution >= 0.6 is 22.7 Å². The normalized spacial score (nSPS) is 16.8. The Morgan fingerprint density at radius 3 is 2.83 bits per heavy atom. The van der Waals surface area contributed by atoms with Crippen LogP contribution in [0.15, 0.2) is 57.6 Å². The van der Waals surface area contributed by atoms with Crippen LogP contribution in [0.2, 0.25) is 0 Å². The summed E-state index contributed by atoms with van der Waals surface area (Å²) in [6.45, 7) is 1.29. The Balaban J connectivity index is 1.31. The first kappa shape index (κ1) is 18.2. The van der Waals surface area contributed by atoms with Crippen LogP contribution in [0.1, 0.15) is 35.1 Å². The van der Waals surface area contributed by atoms with Gasteiger partial charge in [0.2, 0.25) is 5.89 Å².